The van der Waals surface area contributed by atoms with Crippen molar-refractivity contribution in [3.05, 3.63) is 45.1 Å². The van der Waals surface area contributed by atoms with Crippen molar-refractivity contribution in [3.63, 3.8) is 0 Å². The molecule has 0 saturated carbocycles. The third kappa shape index (κ3) is 3.61. The SMILES string of the molecule is CN1C(=O)N[C@@H](c2ccc(Cl)c(Cl)c2)C2=C1CN(CCN1CCCCC1)C2=O. The fraction of sp³-hybridized carbons (Fsp3) is 0.500. The topological polar surface area (TPSA) is 55.9 Å². The van der Waals surface area contributed by atoms with Gasteiger partial charge in [0.2, 0.25) is 0 Å². The fourth-order valence-electron chi connectivity index (χ4n) is 4.19. The van der Waals surface area contributed by atoms with E-state index in [4.69, 9.17) is 23.2 Å². The van der Waals surface area contributed by atoms with Gasteiger partial charge in [0, 0.05) is 20.1 Å². The number of hydrogen-bond donors (Lipinski definition) is 1. The quantitative estimate of drug-likeness (QED) is 0.809. The zero-order chi connectivity index (χ0) is 19.8. The van der Waals surface area contributed by atoms with E-state index >= 15 is 0 Å². The zero-order valence-corrected chi connectivity index (χ0v) is 17.4. The first-order valence-electron chi connectivity index (χ1n) is 9.69. The summed E-state index contributed by atoms with van der Waals surface area (Å²) < 4.78 is 0. The average molecular weight is 423 g/mol. The summed E-state index contributed by atoms with van der Waals surface area (Å²) in [6.07, 6.45) is 3.74. The number of rotatable bonds is 4. The van der Waals surface area contributed by atoms with Crippen LogP contribution in [0.15, 0.2) is 29.5 Å². The maximum absolute atomic E-state index is 13.2. The summed E-state index contributed by atoms with van der Waals surface area (Å²) >= 11 is 12.2. The molecule has 150 valence electrons. The number of carbonyl (C=O) groups excluding carboxylic acids is 2. The molecule has 1 atom stereocenters. The van der Waals surface area contributed by atoms with Crippen LogP contribution in [0, 0.1) is 0 Å². The smallest absolute Gasteiger partial charge is 0.322 e. The zero-order valence-electron chi connectivity index (χ0n) is 15.9. The second kappa shape index (κ2) is 7.93. The van der Waals surface area contributed by atoms with E-state index in [0.717, 1.165) is 30.9 Å². The van der Waals surface area contributed by atoms with Crippen molar-refractivity contribution in [2.45, 2.75) is 25.3 Å². The molecule has 8 heteroatoms. The Morgan fingerprint density at radius 2 is 1.82 bits per heavy atom. The van der Waals surface area contributed by atoms with Crippen molar-refractivity contribution in [2.75, 3.05) is 39.8 Å². The Morgan fingerprint density at radius 1 is 1.07 bits per heavy atom. The van der Waals surface area contributed by atoms with Crippen LogP contribution in [-0.4, -0.2) is 66.4 Å². The Bertz CT molecular complexity index is 835. The standard InChI is InChI=1S/C20H24Cl2N4O2/c1-24-16-12-26(10-9-25-7-3-2-4-8-25)19(27)17(16)18(23-20(24)28)13-5-6-14(21)15(22)11-13/h5-6,11,18H,2-4,7-10,12H2,1H3,(H,23,28)/t18-/m0/s1. The Labute approximate surface area is 175 Å². The van der Waals surface area contributed by atoms with Gasteiger partial charge < -0.3 is 15.1 Å². The minimum absolute atomic E-state index is 0.0186. The Balaban J connectivity index is 1.56. The number of amides is 3. The molecule has 0 radical (unpaired) electrons. The van der Waals surface area contributed by atoms with Gasteiger partial charge in [0.1, 0.15) is 0 Å². The Kier molecular flexibility index (Phi) is 5.54. The lowest BCUT2D eigenvalue weighted by atomic mass is 9.96. The highest BCUT2D eigenvalue weighted by Crippen LogP contribution is 2.37. The summed E-state index contributed by atoms with van der Waals surface area (Å²) in [7, 11) is 1.71. The van der Waals surface area contributed by atoms with E-state index in [2.05, 4.69) is 10.2 Å². The van der Waals surface area contributed by atoms with E-state index in [-0.39, 0.29) is 11.9 Å². The molecule has 28 heavy (non-hydrogen) atoms. The molecular formula is C20H24Cl2N4O2. The molecule has 3 aliphatic rings. The lowest BCUT2D eigenvalue weighted by Crippen LogP contribution is -2.45. The number of likely N-dealkylation sites (tertiary alicyclic amines) is 1. The van der Waals surface area contributed by atoms with Gasteiger partial charge in [-0.1, -0.05) is 35.7 Å². The normalized spacial score (nSPS) is 23.3. The molecule has 4 rings (SSSR count). The molecular weight excluding hydrogens is 399 g/mol. The van der Waals surface area contributed by atoms with Crippen LogP contribution in [0.25, 0.3) is 0 Å². The molecule has 1 fully saturated rings. The Hall–Kier alpha value is -1.76. The maximum atomic E-state index is 13.2. The van der Waals surface area contributed by atoms with Crippen LogP contribution in [0.1, 0.15) is 30.9 Å². The van der Waals surface area contributed by atoms with Gasteiger partial charge in [0.25, 0.3) is 5.91 Å². The third-order valence-corrected chi connectivity index (χ3v) is 6.59. The molecule has 1 aromatic rings. The van der Waals surface area contributed by atoms with Crippen molar-refractivity contribution >= 4 is 35.1 Å². The van der Waals surface area contributed by atoms with Gasteiger partial charge in [0.05, 0.1) is 33.9 Å². The van der Waals surface area contributed by atoms with Crippen LogP contribution in [0.3, 0.4) is 0 Å². The van der Waals surface area contributed by atoms with Crippen LogP contribution in [0.5, 0.6) is 0 Å². The second-order valence-corrected chi connectivity index (χ2v) is 8.42. The van der Waals surface area contributed by atoms with Crippen LogP contribution >= 0.6 is 23.2 Å². The number of nitrogens with zero attached hydrogens (tertiary/aromatic N) is 3. The summed E-state index contributed by atoms with van der Waals surface area (Å²) in [4.78, 5) is 31.5. The number of carbonyl (C=O) groups is 2. The molecule has 0 aromatic heterocycles. The van der Waals surface area contributed by atoms with Crippen LogP contribution < -0.4 is 5.32 Å². The summed E-state index contributed by atoms with van der Waals surface area (Å²) in [5, 5.41) is 3.78. The predicted octanol–water partition coefficient (Wildman–Crippen LogP) is 3.27. The average Bonchev–Trinajstić information content (AvgIpc) is 3.03. The minimum atomic E-state index is -0.513. The summed E-state index contributed by atoms with van der Waals surface area (Å²) in [5.74, 6) is -0.0186. The molecule has 3 aliphatic heterocycles. The highest BCUT2D eigenvalue weighted by Gasteiger charge is 2.42. The molecule has 0 bridgehead atoms. The lowest BCUT2D eigenvalue weighted by molar-refractivity contribution is -0.126. The molecule has 0 aliphatic carbocycles. The van der Waals surface area contributed by atoms with Crippen molar-refractivity contribution in [2.24, 2.45) is 0 Å². The molecule has 0 unspecified atom stereocenters. The predicted molar refractivity (Wildman–Crippen MR) is 109 cm³/mol. The van der Waals surface area contributed by atoms with Crippen molar-refractivity contribution in [1.29, 1.82) is 0 Å². The third-order valence-electron chi connectivity index (χ3n) is 5.85. The van der Waals surface area contributed by atoms with Crippen LogP contribution in [-0.2, 0) is 4.79 Å². The number of halogens is 2. The van der Waals surface area contributed by atoms with E-state index in [0.29, 0.717) is 28.7 Å². The lowest BCUT2D eigenvalue weighted by Gasteiger charge is -2.31. The first kappa shape index (κ1) is 19.6. The largest absolute Gasteiger partial charge is 0.332 e. The van der Waals surface area contributed by atoms with E-state index in [1.165, 1.54) is 19.3 Å². The molecule has 1 saturated heterocycles. The van der Waals surface area contributed by atoms with Gasteiger partial charge in [-0.15, -0.1) is 0 Å². The summed E-state index contributed by atoms with van der Waals surface area (Å²) in [6, 6.07) is 4.48. The van der Waals surface area contributed by atoms with Gasteiger partial charge in [-0.25, -0.2) is 4.79 Å². The van der Waals surface area contributed by atoms with E-state index in [1.54, 1.807) is 30.1 Å². The molecule has 1 N–H and O–H groups in total. The number of urea groups is 1. The first-order valence-corrected chi connectivity index (χ1v) is 10.4. The Morgan fingerprint density at radius 3 is 2.54 bits per heavy atom. The first-order chi connectivity index (χ1) is 13.5. The molecule has 3 heterocycles. The van der Waals surface area contributed by atoms with Gasteiger partial charge in [-0.05, 0) is 43.6 Å². The van der Waals surface area contributed by atoms with E-state index in [1.807, 2.05) is 4.90 Å². The highest BCUT2D eigenvalue weighted by atomic mass is 35.5. The van der Waals surface area contributed by atoms with Crippen molar-refractivity contribution < 1.29 is 9.59 Å². The molecule has 3 amide bonds. The van der Waals surface area contributed by atoms with Gasteiger partial charge >= 0.3 is 6.03 Å². The number of benzene rings is 1. The fourth-order valence-corrected chi connectivity index (χ4v) is 4.50. The van der Waals surface area contributed by atoms with E-state index < -0.39 is 6.04 Å². The van der Waals surface area contributed by atoms with E-state index in [9.17, 15) is 9.59 Å². The number of likely N-dealkylation sites (N-methyl/N-ethyl adjacent to an activating group) is 1. The van der Waals surface area contributed by atoms with Gasteiger partial charge in [-0.2, -0.15) is 0 Å². The minimum Gasteiger partial charge on any atom is -0.332 e. The van der Waals surface area contributed by atoms with Crippen LogP contribution in [0.4, 0.5) is 4.79 Å². The van der Waals surface area contributed by atoms with Crippen molar-refractivity contribution in [3.8, 4) is 0 Å². The number of hydrogen-bond acceptors (Lipinski definition) is 3. The van der Waals surface area contributed by atoms with Gasteiger partial charge in [0.15, 0.2) is 0 Å². The molecule has 1 aromatic carbocycles. The summed E-state index contributed by atoms with van der Waals surface area (Å²) in [5.41, 5.74) is 2.15. The highest BCUT2D eigenvalue weighted by molar-refractivity contribution is 6.42. The number of nitrogens with one attached hydrogen (secondary N) is 1. The molecule has 0 spiro atoms. The molecule has 6 nitrogen and oxygen atoms in total. The van der Waals surface area contributed by atoms with Crippen LogP contribution in [0.2, 0.25) is 10.0 Å². The maximum Gasteiger partial charge on any atom is 0.322 e. The summed E-state index contributed by atoms with van der Waals surface area (Å²) in [6.45, 7) is 4.20. The van der Waals surface area contributed by atoms with Gasteiger partial charge in [-0.3, -0.25) is 9.69 Å². The number of piperidine rings is 1. The van der Waals surface area contributed by atoms with Crippen molar-refractivity contribution in [1.82, 2.24) is 20.0 Å². The second-order valence-electron chi connectivity index (χ2n) is 7.60. The monoisotopic (exact) mass is 422 g/mol.